The molecule has 0 saturated heterocycles. The third-order valence-electron chi connectivity index (χ3n) is 6.87. The summed E-state index contributed by atoms with van der Waals surface area (Å²) in [5.41, 5.74) is 2.78. The number of anilines is 1. The van der Waals surface area contributed by atoms with Gasteiger partial charge in [-0.2, -0.15) is 0 Å². The lowest BCUT2D eigenvalue weighted by Gasteiger charge is -2.24. The second-order valence-electron chi connectivity index (χ2n) is 10.3. The monoisotopic (exact) mass is 628 g/mol. The van der Waals surface area contributed by atoms with E-state index in [0.29, 0.717) is 5.57 Å². The van der Waals surface area contributed by atoms with Crippen LogP contribution in [-0.4, -0.2) is 53.0 Å². The number of nitrogens with one attached hydrogen (secondary N) is 1. The Hall–Kier alpha value is -4.23. The maximum Gasteiger partial charge on any atom is 0.339 e. The Morgan fingerprint density at radius 3 is 2.09 bits per heavy atom. The molecule has 1 aliphatic carbocycles. The number of cyclic esters (lactones) is 1. The predicted molar refractivity (Wildman–Crippen MR) is 163 cm³/mol. The van der Waals surface area contributed by atoms with E-state index >= 15 is 0 Å². The standard InChI is InChI=1S/C17H14O4S.C13H18N2O5S/c1-22(19,20)14-9-7-12(8-10-14)15-11-21-17(18)16(15)13-5-3-2-4-6-13;1-21(18,19)14-11-8-5-9-12(15(16)17)13(11)20-10-6-3-2-4-7-10/h2-10H,11H2,1H3;5,8-10,14H,2-4,6-7H2,1H3. The number of nitro benzene ring substituents is 1. The third-order valence-corrected chi connectivity index (χ3v) is 8.59. The van der Waals surface area contributed by atoms with Crippen LogP contribution < -0.4 is 9.46 Å². The lowest BCUT2D eigenvalue weighted by Crippen LogP contribution is -2.21. The summed E-state index contributed by atoms with van der Waals surface area (Å²) in [6, 6.07) is 20.0. The first-order valence-electron chi connectivity index (χ1n) is 13.5. The number of esters is 1. The highest BCUT2D eigenvalue weighted by Crippen LogP contribution is 2.38. The van der Waals surface area contributed by atoms with Gasteiger partial charge in [0.1, 0.15) is 6.61 Å². The van der Waals surface area contributed by atoms with E-state index in [9.17, 15) is 31.7 Å². The minimum atomic E-state index is -3.54. The van der Waals surface area contributed by atoms with Crippen LogP contribution in [0.15, 0.2) is 77.7 Å². The highest BCUT2D eigenvalue weighted by molar-refractivity contribution is 7.92. The summed E-state index contributed by atoms with van der Waals surface area (Å²) in [5, 5.41) is 11.1. The van der Waals surface area contributed by atoms with Crippen LogP contribution in [0.4, 0.5) is 11.4 Å². The topological polar surface area (TPSA) is 159 Å². The maximum absolute atomic E-state index is 12.0. The van der Waals surface area contributed by atoms with Gasteiger partial charge >= 0.3 is 11.7 Å². The number of carbonyl (C=O) groups excluding carboxylic acids is 1. The number of benzene rings is 3. The Morgan fingerprint density at radius 1 is 0.860 bits per heavy atom. The molecule has 0 amide bonds. The van der Waals surface area contributed by atoms with Gasteiger partial charge in [-0.05, 0) is 55.0 Å². The molecule has 11 nitrogen and oxygen atoms in total. The van der Waals surface area contributed by atoms with Crippen molar-refractivity contribution in [3.63, 3.8) is 0 Å². The minimum absolute atomic E-state index is 0.000162. The van der Waals surface area contributed by atoms with Crippen molar-refractivity contribution in [3.05, 3.63) is 94.0 Å². The van der Waals surface area contributed by atoms with Crippen LogP contribution in [0.3, 0.4) is 0 Å². The molecule has 0 aromatic heterocycles. The Bertz CT molecular complexity index is 1730. The Labute approximate surface area is 250 Å². The highest BCUT2D eigenvalue weighted by atomic mass is 32.2. The van der Waals surface area contributed by atoms with Crippen LogP contribution in [0.2, 0.25) is 0 Å². The van der Waals surface area contributed by atoms with Gasteiger partial charge in [-0.3, -0.25) is 14.8 Å². The van der Waals surface area contributed by atoms with Crippen LogP contribution in [0.25, 0.3) is 11.1 Å². The number of para-hydroxylation sites is 1. The van der Waals surface area contributed by atoms with Crippen molar-refractivity contribution in [2.24, 2.45) is 0 Å². The van der Waals surface area contributed by atoms with E-state index in [-0.39, 0.29) is 40.7 Å². The molecule has 0 radical (unpaired) electrons. The number of nitrogens with zero attached hydrogens (tertiary/aromatic N) is 1. The summed E-state index contributed by atoms with van der Waals surface area (Å²) in [6.45, 7) is 0.196. The number of ether oxygens (including phenoxy) is 2. The number of sulfone groups is 1. The zero-order valence-electron chi connectivity index (χ0n) is 23.7. The summed E-state index contributed by atoms with van der Waals surface area (Å²) >= 11 is 0. The first-order valence-corrected chi connectivity index (χ1v) is 17.3. The fourth-order valence-corrected chi connectivity index (χ4v) is 6.05. The molecule has 13 heteroatoms. The van der Waals surface area contributed by atoms with E-state index in [0.717, 1.165) is 55.1 Å². The van der Waals surface area contributed by atoms with E-state index in [1.807, 2.05) is 30.3 Å². The summed E-state index contributed by atoms with van der Waals surface area (Å²) in [4.78, 5) is 22.8. The Morgan fingerprint density at radius 2 is 1.51 bits per heavy atom. The number of sulfonamides is 1. The zero-order valence-corrected chi connectivity index (χ0v) is 25.3. The second-order valence-corrected chi connectivity index (χ2v) is 14.0. The average Bonchev–Trinajstić information content (AvgIpc) is 3.35. The average molecular weight is 629 g/mol. The van der Waals surface area contributed by atoms with Crippen LogP contribution in [-0.2, 0) is 29.4 Å². The Kier molecular flexibility index (Phi) is 9.87. The molecule has 1 fully saturated rings. The van der Waals surface area contributed by atoms with Gasteiger partial charge in [-0.1, -0.05) is 55.0 Å². The van der Waals surface area contributed by atoms with Crippen molar-refractivity contribution >= 4 is 48.4 Å². The van der Waals surface area contributed by atoms with Gasteiger partial charge in [0.2, 0.25) is 15.8 Å². The van der Waals surface area contributed by atoms with Crippen LogP contribution in [0.1, 0.15) is 43.2 Å². The molecule has 43 heavy (non-hydrogen) atoms. The molecule has 1 saturated carbocycles. The van der Waals surface area contributed by atoms with Gasteiger partial charge in [0.05, 0.1) is 33.4 Å². The maximum atomic E-state index is 12.0. The molecular weight excluding hydrogens is 596 g/mol. The van der Waals surface area contributed by atoms with Gasteiger partial charge in [-0.15, -0.1) is 0 Å². The number of rotatable bonds is 8. The highest BCUT2D eigenvalue weighted by Gasteiger charge is 2.27. The zero-order chi connectivity index (χ0) is 31.2. The SMILES string of the molecule is CS(=O)(=O)Nc1cccc([N+](=O)[O-])c1OC1CCCCC1.CS(=O)(=O)c1ccc(C2=C(c3ccccc3)C(=O)OC2)cc1. The van der Waals surface area contributed by atoms with Crippen molar-refractivity contribution < 1.29 is 36.0 Å². The largest absolute Gasteiger partial charge is 0.482 e. The molecule has 3 aromatic carbocycles. The van der Waals surface area contributed by atoms with Crippen LogP contribution in [0, 0.1) is 10.1 Å². The molecule has 228 valence electrons. The molecular formula is C30H32N2O9S2. The van der Waals surface area contributed by atoms with Gasteiger partial charge in [0.15, 0.2) is 9.84 Å². The van der Waals surface area contributed by atoms with Gasteiger partial charge in [0.25, 0.3) is 0 Å². The van der Waals surface area contributed by atoms with Crippen molar-refractivity contribution in [1.29, 1.82) is 0 Å². The van der Waals surface area contributed by atoms with E-state index in [1.165, 1.54) is 24.5 Å². The molecule has 0 spiro atoms. The molecule has 0 unspecified atom stereocenters. The molecule has 0 atom stereocenters. The van der Waals surface area contributed by atoms with Crippen molar-refractivity contribution in [2.75, 3.05) is 23.8 Å². The van der Waals surface area contributed by atoms with E-state index in [2.05, 4.69) is 4.72 Å². The van der Waals surface area contributed by atoms with Crippen molar-refractivity contribution in [1.82, 2.24) is 0 Å². The van der Waals surface area contributed by atoms with Gasteiger partial charge in [-0.25, -0.2) is 21.6 Å². The number of carbonyl (C=O) groups is 1. The van der Waals surface area contributed by atoms with Crippen LogP contribution >= 0.6 is 0 Å². The van der Waals surface area contributed by atoms with E-state index in [4.69, 9.17) is 9.47 Å². The first-order chi connectivity index (χ1) is 20.3. The summed E-state index contributed by atoms with van der Waals surface area (Å²) in [6.07, 6.45) is 6.86. The van der Waals surface area contributed by atoms with Crippen molar-refractivity contribution in [3.8, 4) is 5.75 Å². The molecule has 1 heterocycles. The fourth-order valence-electron chi connectivity index (χ4n) is 4.86. The van der Waals surface area contributed by atoms with E-state index < -0.39 is 24.8 Å². The first kappa shape index (κ1) is 31.7. The number of hydrogen-bond acceptors (Lipinski definition) is 9. The fraction of sp³-hybridized carbons (Fsp3) is 0.300. The lowest BCUT2D eigenvalue weighted by atomic mass is 9.97. The van der Waals surface area contributed by atoms with E-state index in [1.54, 1.807) is 24.3 Å². The summed E-state index contributed by atoms with van der Waals surface area (Å²) in [5.74, 6) is -0.354. The molecule has 1 N–H and O–H groups in total. The molecule has 3 aromatic rings. The van der Waals surface area contributed by atoms with Gasteiger partial charge < -0.3 is 9.47 Å². The van der Waals surface area contributed by atoms with Gasteiger partial charge in [0, 0.05) is 17.9 Å². The quantitative estimate of drug-likeness (QED) is 0.200. The number of hydrogen-bond donors (Lipinski definition) is 1. The van der Waals surface area contributed by atoms with Crippen LogP contribution in [0.5, 0.6) is 5.75 Å². The molecule has 2 aliphatic rings. The molecule has 5 rings (SSSR count). The molecule has 0 bridgehead atoms. The smallest absolute Gasteiger partial charge is 0.339 e. The third kappa shape index (κ3) is 8.42. The second kappa shape index (κ2) is 13.4. The normalized spacial score (nSPS) is 15.7. The molecule has 1 aliphatic heterocycles. The van der Waals surface area contributed by atoms with Crippen molar-refractivity contribution in [2.45, 2.75) is 43.1 Å². The minimum Gasteiger partial charge on any atom is -0.482 e. The Balaban J connectivity index is 0.000000197. The summed E-state index contributed by atoms with van der Waals surface area (Å²) in [7, 11) is -6.77. The number of nitro groups is 1. The lowest BCUT2D eigenvalue weighted by molar-refractivity contribution is -0.386. The summed E-state index contributed by atoms with van der Waals surface area (Å²) < 4.78 is 59.0. The predicted octanol–water partition coefficient (Wildman–Crippen LogP) is 5.24.